The van der Waals surface area contributed by atoms with E-state index in [0.29, 0.717) is 6.54 Å². The second-order valence-electron chi connectivity index (χ2n) is 5.45. The molecule has 0 atom stereocenters. The van der Waals surface area contributed by atoms with E-state index in [-0.39, 0.29) is 16.5 Å². The van der Waals surface area contributed by atoms with Crippen LogP contribution in [-0.2, 0) is 16.6 Å². The van der Waals surface area contributed by atoms with Crippen LogP contribution in [0.3, 0.4) is 0 Å². The summed E-state index contributed by atoms with van der Waals surface area (Å²) in [7, 11) is -2.78. The number of nitrogens with zero attached hydrogens (tertiary/aromatic N) is 4. The van der Waals surface area contributed by atoms with Crippen LogP contribution < -0.4 is 9.46 Å². The highest BCUT2D eigenvalue weighted by Gasteiger charge is 2.22. The van der Waals surface area contributed by atoms with E-state index >= 15 is 0 Å². The summed E-state index contributed by atoms with van der Waals surface area (Å²) < 4.78 is 33.8. The lowest BCUT2D eigenvalue weighted by Crippen LogP contribution is -2.14. The van der Waals surface area contributed by atoms with E-state index in [9.17, 15) is 18.5 Å². The normalized spacial score (nSPS) is 11.1. The van der Waals surface area contributed by atoms with Crippen molar-refractivity contribution < 1.29 is 18.1 Å². The molecular formula is C16H15N5O5S. The van der Waals surface area contributed by atoms with Gasteiger partial charge in [-0.3, -0.25) is 24.5 Å². The Morgan fingerprint density at radius 3 is 2.63 bits per heavy atom. The first-order chi connectivity index (χ1) is 12.9. The Bertz CT molecular complexity index is 1070. The number of benzene rings is 1. The molecule has 0 saturated heterocycles. The Hall–Kier alpha value is -3.47. The van der Waals surface area contributed by atoms with E-state index < -0.39 is 20.6 Å². The van der Waals surface area contributed by atoms with Crippen molar-refractivity contribution in [1.29, 1.82) is 0 Å². The summed E-state index contributed by atoms with van der Waals surface area (Å²) in [4.78, 5) is 14.0. The summed E-state index contributed by atoms with van der Waals surface area (Å²) in [5.41, 5.74) is 0.511. The number of methoxy groups -OCH3 is 1. The standard InChI is InChI=1S/C16H15N5O5S/c1-26-15-3-2-13(10-14(15)21(22)23)27(24,25)19-16-6-9-20(18-16)11-12-4-7-17-8-5-12/h2-10H,11H2,1H3,(H,18,19). The van der Waals surface area contributed by atoms with Gasteiger partial charge in [0.2, 0.25) is 0 Å². The number of ether oxygens (including phenoxy) is 1. The third kappa shape index (κ3) is 4.20. The number of sulfonamides is 1. The van der Waals surface area contributed by atoms with Crippen molar-refractivity contribution in [3.8, 4) is 5.75 Å². The molecular weight excluding hydrogens is 374 g/mol. The molecule has 27 heavy (non-hydrogen) atoms. The van der Waals surface area contributed by atoms with E-state index in [1.54, 1.807) is 23.3 Å². The molecule has 0 radical (unpaired) electrons. The summed E-state index contributed by atoms with van der Waals surface area (Å²) >= 11 is 0. The monoisotopic (exact) mass is 389 g/mol. The van der Waals surface area contributed by atoms with Crippen molar-refractivity contribution in [3.05, 3.63) is 70.7 Å². The molecule has 140 valence electrons. The zero-order chi connectivity index (χ0) is 19.4. The number of nitrogens with one attached hydrogen (secondary N) is 1. The Morgan fingerprint density at radius 1 is 1.22 bits per heavy atom. The Kier molecular flexibility index (Phi) is 5.03. The van der Waals surface area contributed by atoms with Gasteiger partial charge in [0.15, 0.2) is 11.6 Å². The molecule has 3 aromatic rings. The molecule has 0 saturated carbocycles. The number of aromatic nitrogens is 3. The first-order valence-corrected chi connectivity index (χ1v) is 9.15. The van der Waals surface area contributed by atoms with E-state index in [0.717, 1.165) is 11.6 Å². The smallest absolute Gasteiger partial charge is 0.312 e. The van der Waals surface area contributed by atoms with Gasteiger partial charge in [-0.05, 0) is 29.8 Å². The summed E-state index contributed by atoms with van der Waals surface area (Å²) in [5, 5.41) is 15.2. The van der Waals surface area contributed by atoms with Gasteiger partial charge in [-0.15, -0.1) is 0 Å². The van der Waals surface area contributed by atoms with E-state index in [1.807, 2.05) is 12.1 Å². The Morgan fingerprint density at radius 2 is 1.96 bits per heavy atom. The second-order valence-corrected chi connectivity index (χ2v) is 7.13. The molecule has 2 heterocycles. The molecule has 1 aromatic carbocycles. The molecule has 3 rings (SSSR count). The first kappa shape index (κ1) is 18.3. The fourth-order valence-corrected chi connectivity index (χ4v) is 3.37. The van der Waals surface area contributed by atoms with Gasteiger partial charge in [-0.25, -0.2) is 8.42 Å². The van der Waals surface area contributed by atoms with Crippen molar-refractivity contribution in [1.82, 2.24) is 14.8 Å². The fraction of sp³-hybridized carbons (Fsp3) is 0.125. The number of pyridine rings is 1. The van der Waals surface area contributed by atoms with Crippen LogP contribution in [0.5, 0.6) is 5.75 Å². The van der Waals surface area contributed by atoms with Gasteiger partial charge in [0.25, 0.3) is 10.0 Å². The number of nitro benzene ring substituents is 1. The molecule has 0 fully saturated rings. The van der Waals surface area contributed by atoms with Crippen LogP contribution in [0.4, 0.5) is 11.5 Å². The third-order valence-corrected chi connectivity index (χ3v) is 4.98. The molecule has 0 amide bonds. The summed E-state index contributed by atoms with van der Waals surface area (Å²) in [6.07, 6.45) is 4.92. The third-order valence-electron chi connectivity index (χ3n) is 3.63. The average molecular weight is 389 g/mol. The predicted octanol–water partition coefficient (Wildman–Crippen LogP) is 2.04. The molecule has 10 nitrogen and oxygen atoms in total. The van der Waals surface area contributed by atoms with Gasteiger partial charge in [-0.1, -0.05) is 0 Å². The molecule has 0 aliphatic carbocycles. The highest BCUT2D eigenvalue weighted by molar-refractivity contribution is 7.92. The molecule has 0 unspecified atom stereocenters. The second kappa shape index (κ2) is 7.41. The van der Waals surface area contributed by atoms with Crippen LogP contribution >= 0.6 is 0 Å². The quantitative estimate of drug-likeness (QED) is 0.483. The van der Waals surface area contributed by atoms with Gasteiger partial charge in [0.05, 0.1) is 23.5 Å². The van der Waals surface area contributed by atoms with Crippen molar-refractivity contribution in [2.75, 3.05) is 11.8 Å². The zero-order valence-corrected chi connectivity index (χ0v) is 15.0. The lowest BCUT2D eigenvalue weighted by atomic mass is 10.3. The largest absolute Gasteiger partial charge is 0.490 e. The van der Waals surface area contributed by atoms with Crippen LogP contribution in [-0.4, -0.2) is 35.2 Å². The van der Waals surface area contributed by atoms with Crippen LogP contribution in [0.2, 0.25) is 0 Å². The van der Waals surface area contributed by atoms with Crippen molar-refractivity contribution in [2.45, 2.75) is 11.4 Å². The minimum atomic E-state index is -4.05. The molecule has 11 heteroatoms. The fourth-order valence-electron chi connectivity index (χ4n) is 2.36. The molecule has 2 aromatic heterocycles. The van der Waals surface area contributed by atoms with Crippen molar-refractivity contribution in [3.63, 3.8) is 0 Å². The van der Waals surface area contributed by atoms with Gasteiger partial charge in [0.1, 0.15) is 0 Å². The van der Waals surface area contributed by atoms with Gasteiger partial charge >= 0.3 is 5.69 Å². The lowest BCUT2D eigenvalue weighted by Gasteiger charge is -2.07. The first-order valence-electron chi connectivity index (χ1n) is 7.66. The van der Waals surface area contributed by atoms with Crippen LogP contribution in [0.25, 0.3) is 0 Å². The Labute approximate surface area is 154 Å². The summed E-state index contributed by atoms with van der Waals surface area (Å²) in [6, 6.07) is 8.53. The van der Waals surface area contributed by atoms with Gasteiger partial charge < -0.3 is 4.74 Å². The number of rotatable bonds is 7. The number of hydrogen-bond acceptors (Lipinski definition) is 7. The minimum Gasteiger partial charge on any atom is -0.490 e. The van der Waals surface area contributed by atoms with E-state index in [1.165, 1.54) is 25.3 Å². The number of anilines is 1. The molecule has 0 bridgehead atoms. The van der Waals surface area contributed by atoms with Crippen LogP contribution in [0, 0.1) is 10.1 Å². The molecule has 0 aliphatic rings. The highest BCUT2D eigenvalue weighted by atomic mass is 32.2. The van der Waals surface area contributed by atoms with Gasteiger partial charge in [-0.2, -0.15) is 5.10 Å². The van der Waals surface area contributed by atoms with E-state index in [4.69, 9.17) is 4.74 Å². The van der Waals surface area contributed by atoms with E-state index in [2.05, 4.69) is 14.8 Å². The topological polar surface area (TPSA) is 129 Å². The molecule has 0 spiro atoms. The lowest BCUT2D eigenvalue weighted by molar-refractivity contribution is -0.386. The van der Waals surface area contributed by atoms with Crippen LogP contribution in [0.1, 0.15) is 5.56 Å². The maximum atomic E-state index is 12.5. The zero-order valence-electron chi connectivity index (χ0n) is 14.1. The van der Waals surface area contributed by atoms with Gasteiger partial charge in [0, 0.05) is 30.7 Å². The summed E-state index contributed by atoms with van der Waals surface area (Å²) in [5.74, 6) is 0.0723. The minimum absolute atomic E-state index is 0.0272. The number of nitro groups is 1. The maximum absolute atomic E-state index is 12.5. The maximum Gasteiger partial charge on any atom is 0.312 e. The number of hydrogen-bond donors (Lipinski definition) is 1. The molecule has 0 aliphatic heterocycles. The van der Waals surface area contributed by atoms with Crippen molar-refractivity contribution in [2.24, 2.45) is 0 Å². The van der Waals surface area contributed by atoms with Crippen LogP contribution in [0.15, 0.2) is 59.9 Å². The summed E-state index contributed by atoms with van der Waals surface area (Å²) in [6.45, 7) is 0.443. The molecule has 1 N–H and O–H groups in total. The average Bonchev–Trinajstić information content (AvgIpc) is 3.08. The predicted molar refractivity (Wildman–Crippen MR) is 96.0 cm³/mol. The van der Waals surface area contributed by atoms with Crippen molar-refractivity contribution >= 4 is 21.5 Å². The Balaban J connectivity index is 1.81. The SMILES string of the molecule is COc1ccc(S(=O)(=O)Nc2ccn(Cc3ccncc3)n2)cc1[N+](=O)[O-]. The highest BCUT2D eigenvalue weighted by Crippen LogP contribution is 2.29.